The average molecular weight is 288 g/mol. The molecule has 0 radical (unpaired) electrons. The molecule has 2 rings (SSSR count). The van der Waals surface area contributed by atoms with Gasteiger partial charge in [-0.05, 0) is 46.8 Å². The van der Waals surface area contributed by atoms with Crippen molar-refractivity contribution in [3.63, 3.8) is 0 Å². The summed E-state index contributed by atoms with van der Waals surface area (Å²) in [5.74, 6) is 0.275. The van der Waals surface area contributed by atoms with Gasteiger partial charge in [0.15, 0.2) is 5.78 Å². The summed E-state index contributed by atoms with van der Waals surface area (Å²) in [6.45, 7) is 3.90. The largest absolute Gasteiger partial charge is 0.316 e. The van der Waals surface area contributed by atoms with E-state index < -0.39 is 0 Å². The highest BCUT2D eigenvalue weighted by atomic mass is 79.9. The molecular formula is C11H14BrNOS. The number of carbonyl (C=O) groups is 1. The number of rotatable bonds is 2. The third kappa shape index (κ3) is 2.17. The summed E-state index contributed by atoms with van der Waals surface area (Å²) < 4.78 is 0.935. The van der Waals surface area contributed by atoms with Crippen LogP contribution in [-0.4, -0.2) is 18.9 Å². The van der Waals surface area contributed by atoms with E-state index in [0.717, 1.165) is 35.3 Å². The molecule has 0 aliphatic carbocycles. The van der Waals surface area contributed by atoms with Crippen molar-refractivity contribution in [2.45, 2.75) is 19.8 Å². The minimum absolute atomic E-state index is 0.217. The van der Waals surface area contributed by atoms with Crippen LogP contribution in [0.5, 0.6) is 0 Å². The van der Waals surface area contributed by atoms with Crippen LogP contribution in [0, 0.1) is 5.41 Å². The molecule has 0 bridgehead atoms. The lowest BCUT2D eigenvalue weighted by molar-refractivity contribution is 0.0777. The summed E-state index contributed by atoms with van der Waals surface area (Å²) in [5.41, 5.74) is -0.217. The van der Waals surface area contributed by atoms with E-state index in [9.17, 15) is 4.79 Å². The summed E-state index contributed by atoms with van der Waals surface area (Å²) in [5, 5.41) is 5.26. The second-order valence-corrected chi connectivity index (χ2v) is 6.04. The first kappa shape index (κ1) is 11.3. The first-order valence-electron chi connectivity index (χ1n) is 5.12. The summed E-state index contributed by atoms with van der Waals surface area (Å²) in [6.07, 6.45) is 2.08. The predicted octanol–water partition coefficient (Wildman–Crippen LogP) is 3.08. The number of Topliss-reactive ketones (excluding diaryl/α,β-unsaturated/α-hetero) is 1. The van der Waals surface area contributed by atoms with Gasteiger partial charge in [0, 0.05) is 16.4 Å². The van der Waals surface area contributed by atoms with E-state index in [4.69, 9.17) is 0 Å². The standard InChI is InChI=1S/C11H14BrNOS/c1-11(4-2-5-13-7-11)10(14)9-8(12)3-6-15-9/h3,6,13H,2,4-5,7H2,1H3. The van der Waals surface area contributed by atoms with Crippen LogP contribution in [0.25, 0.3) is 0 Å². The van der Waals surface area contributed by atoms with Crippen molar-refractivity contribution in [2.24, 2.45) is 5.41 Å². The highest BCUT2D eigenvalue weighted by Crippen LogP contribution is 2.34. The maximum Gasteiger partial charge on any atom is 0.181 e. The number of hydrogen-bond donors (Lipinski definition) is 1. The monoisotopic (exact) mass is 287 g/mol. The van der Waals surface area contributed by atoms with E-state index >= 15 is 0 Å². The first-order valence-corrected chi connectivity index (χ1v) is 6.79. The van der Waals surface area contributed by atoms with Crippen molar-refractivity contribution in [3.05, 3.63) is 20.8 Å². The molecule has 4 heteroatoms. The SMILES string of the molecule is CC1(C(=O)c2sccc2Br)CCCNC1. The van der Waals surface area contributed by atoms with Gasteiger partial charge in [0.1, 0.15) is 0 Å². The topological polar surface area (TPSA) is 29.1 Å². The fourth-order valence-corrected chi connectivity index (χ4v) is 3.62. The maximum absolute atomic E-state index is 12.3. The van der Waals surface area contributed by atoms with Crippen molar-refractivity contribution < 1.29 is 4.79 Å². The summed E-state index contributed by atoms with van der Waals surface area (Å²) >= 11 is 4.95. The van der Waals surface area contributed by atoms with Crippen LogP contribution in [0.3, 0.4) is 0 Å². The van der Waals surface area contributed by atoms with Gasteiger partial charge >= 0.3 is 0 Å². The lowest BCUT2D eigenvalue weighted by atomic mass is 9.78. The number of carbonyl (C=O) groups excluding carboxylic acids is 1. The summed E-state index contributed by atoms with van der Waals surface area (Å²) in [7, 11) is 0. The number of ketones is 1. The van der Waals surface area contributed by atoms with Crippen molar-refractivity contribution in [1.82, 2.24) is 5.32 Å². The van der Waals surface area contributed by atoms with Crippen LogP contribution in [0.15, 0.2) is 15.9 Å². The quantitative estimate of drug-likeness (QED) is 0.847. The molecule has 0 spiro atoms. The third-order valence-electron chi connectivity index (χ3n) is 2.97. The molecular weight excluding hydrogens is 274 g/mol. The molecule has 15 heavy (non-hydrogen) atoms. The molecule has 1 aromatic rings. The van der Waals surface area contributed by atoms with Gasteiger partial charge in [0.2, 0.25) is 0 Å². The second kappa shape index (κ2) is 4.36. The van der Waals surface area contributed by atoms with Crippen molar-refractivity contribution in [1.29, 1.82) is 0 Å². The van der Waals surface area contributed by atoms with E-state index in [1.54, 1.807) is 0 Å². The smallest absolute Gasteiger partial charge is 0.181 e. The van der Waals surface area contributed by atoms with Gasteiger partial charge in [-0.2, -0.15) is 0 Å². The van der Waals surface area contributed by atoms with Crippen molar-refractivity contribution >= 4 is 33.0 Å². The molecule has 0 saturated carbocycles. The highest BCUT2D eigenvalue weighted by Gasteiger charge is 2.36. The molecule has 1 N–H and O–H groups in total. The molecule has 1 aliphatic rings. The van der Waals surface area contributed by atoms with E-state index in [1.165, 1.54) is 11.3 Å². The average Bonchev–Trinajstić information content (AvgIpc) is 2.64. The van der Waals surface area contributed by atoms with E-state index in [0.29, 0.717) is 0 Å². The number of halogens is 1. The minimum atomic E-state index is -0.217. The van der Waals surface area contributed by atoms with Gasteiger partial charge in [0.25, 0.3) is 0 Å². The third-order valence-corrected chi connectivity index (χ3v) is 4.81. The number of piperidine rings is 1. The fourth-order valence-electron chi connectivity index (χ4n) is 1.98. The Kier molecular flexibility index (Phi) is 3.28. The Hall–Kier alpha value is -0.190. The molecule has 2 nitrogen and oxygen atoms in total. The Balaban J connectivity index is 2.23. The van der Waals surface area contributed by atoms with Gasteiger partial charge in [-0.3, -0.25) is 4.79 Å². The Morgan fingerprint density at radius 1 is 1.67 bits per heavy atom. The van der Waals surface area contributed by atoms with Crippen LogP contribution >= 0.6 is 27.3 Å². The molecule has 2 heterocycles. The van der Waals surface area contributed by atoms with Crippen LogP contribution in [0.2, 0.25) is 0 Å². The lowest BCUT2D eigenvalue weighted by Crippen LogP contribution is -2.43. The van der Waals surface area contributed by atoms with Crippen LogP contribution in [0.4, 0.5) is 0 Å². The molecule has 1 saturated heterocycles. The van der Waals surface area contributed by atoms with E-state index in [2.05, 4.69) is 28.2 Å². The van der Waals surface area contributed by atoms with Crippen LogP contribution in [0.1, 0.15) is 29.4 Å². The Morgan fingerprint density at radius 2 is 2.47 bits per heavy atom. The lowest BCUT2D eigenvalue weighted by Gasteiger charge is -2.32. The number of hydrogen-bond acceptors (Lipinski definition) is 3. The summed E-state index contributed by atoms with van der Waals surface area (Å²) in [6, 6.07) is 1.94. The molecule has 1 unspecified atom stereocenters. The van der Waals surface area contributed by atoms with Gasteiger partial charge < -0.3 is 5.32 Å². The normalized spacial score (nSPS) is 26.5. The van der Waals surface area contributed by atoms with Gasteiger partial charge in [-0.25, -0.2) is 0 Å². The van der Waals surface area contributed by atoms with Gasteiger partial charge in [-0.15, -0.1) is 11.3 Å². The van der Waals surface area contributed by atoms with E-state index in [1.807, 2.05) is 11.4 Å². The molecule has 1 aliphatic heterocycles. The second-order valence-electron chi connectivity index (χ2n) is 4.27. The van der Waals surface area contributed by atoms with E-state index in [-0.39, 0.29) is 11.2 Å². The molecule has 0 aromatic carbocycles. The molecule has 1 fully saturated rings. The summed E-state index contributed by atoms with van der Waals surface area (Å²) in [4.78, 5) is 13.2. The Labute approximate surface area is 102 Å². The van der Waals surface area contributed by atoms with Crippen LogP contribution < -0.4 is 5.32 Å². The number of nitrogens with one attached hydrogen (secondary N) is 1. The molecule has 1 atom stereocenters. The fraction of sp³-hybridized carbons (Fsp3) is 0.545. The first-order chi connectivity index (χ1) is 7.13. The Morgan fingerprint density at radius 3 is 3.00 bits per heavy atom. The van der Waals surface area contributed by atoms with Crippen molar-refractivity contribution in [3.8, 4) is 0 Å². The molecule has 0 amide bonds. The zero-order valence-corrected chi connectivity index (χ0v) is 11.1. The van der Waals surface area contributed by atoms with Gasteiger partial charge in [0.05, 0.1) is 4.88 Å². The predicted molar refractivity (Wildman–Crippen MR) is 66.6 cm³/mol. The maximum atomic E-state index is 12.3. The highest BCUT2D eigenvalue weighted by molar-refractivity contribution is 9.10. The van der Waals surface area contributed by atoms with Gasteiger partial charge in [-0.1, -0.05) is 6.92 Å². The Bertz CT molecular complexity index is 368. The molecule has 82 valence electrons. The van der Waals surface area contributed by atoms with Crippen LogP contribution in [-0.2, 0) is 0 Å². The zero-order chi connectivity index (χ0) is 10.9. The number of thiophene rings is 1. The van der Waals surface area contributed by atoms with Crippen molar-refractivity contribution in [2.75, 3.05) is 13.1 Å². The minimum Gasteiger partial charge on any atom is -0.316 e. The zero-order valence-electron chi connectivity index (χ0n) is 8.68. The molecule has 1 aromatic heterocycles.